The van der Waals surface area contributed by atoms with Gasteiger partial charge < -0.3 is 19.9 Å². The minimum Gasteiger partial charge on any atom is -0.493 e. The van der Waals surface area contributed by atoms with Crippen LogP contribution in [-0.4, -0.2) is 41.4 Å². The Morgan fingerprint density at radius 1 is 1.04 bits per heavy atom. The zero-order valence-electron chi connectivity index (χ0n) is 13.3. The van der Waals surface area contributed by atoms with E-state index in [0.717, 1.165) is 36.1 Å². The summed E-state index contributed by atoms with van der Waals surface area (Å²) in [5.41, 5.74) is 1.55. The number of nitrogens with zero attached hydrogens (tertiary/aromatic N) is 2. The van der Waals surface area contributed by atoms with Crippen LogP contribution in [0.5, 0.6) is 11.5 Å². The van der Waals surface area contributed by atoms with Crippen LogP contribution in [0.1, 0.15) is 19.3 Å². The SMILES string of the molecule is COc1cc2ncc(N[C@@H]3CC4CC3C[C@H]4O)nc2cc1OC. The molecule has 2 aromatic rings. The van der Waals surface area contributed by atoms with Gasteiger partial charge in [0, 0.05) is 18.2 Å². The summed E-state index contributed by atoms with van der Waals surface area (Å²) in [5, 5.41) is 13.4. The average Bonchev–Trinajstić information content (AvgIpc) is 3.12. The van der Waals surface area contributed by atoms with Crippen LogP contribution in [0.3, 0.4) is 0 Å². The molecule has 2 N–H and O–H groups in total. The van der Waals surface area contributed by atoms with Gasteiger partial charge in [0.25, 0.3) is 0 Å². The molecule has 4 rings (SSSR count). The predicted octanol–water partition coefficient (Wildman–Crippen LogP) is 2.22. The zero-order chi connectivity index (χ0) is 16.0. The Morgan fingerprint density at radius 2 is 1.78 bits per heavy atom. The van der Waals surface area contributed by atoms with Crippen molar-refractivity contribution in [3.8, 4) is 11.5 Å². The number of fused-ring (bicyclic) bond motifs is 3. The van der Waals surface area contributed by atoms with Gasteiger partial charge in [-0.05, 0) is 31.1 Å². The van der Waals surface area contributed by atoms with Crippen molar-refractivity contribution in [3.05, 3.63) is 18.3 Å². The molecule has 2 fully saturated rings. The Balaban J connectivity index is 1.59. The summed E-state index contributed by atoms with van der Waals surface area (Å²) in [5.74, 6) is 3.05. The number of rotatable bonds is 4. The number of anilines is 1. The molecule has 2 bridgehead atoms. The maximum atomic E-state index is 9.87. The Kier molecular flexibility index (Phi) is 3.49. The number of aromatic nitrogens is 2. The van der Waals surface area contributed by atoms with E-state index in [9.17, 15) is 5.11 Å². The Bertz CT molecular complexity index is 734. The monoisotopic (exact) mass is 315 g/mol. The molecule has 0 radical (unpaired) electrons. The lowest BCUT2D eigenvalue weighted by atomic mass is 9.93. The molecule has 0 saturated heterocycles. The minimum atomic E-state index is -0.113. The van der Waals surface area contributed by atoms with E-state index in [2.05, 4.69) is 15.3 Å². The summed E-state index contributed by atoms with van der Waals surface area (Å²) in [6.07, 6.45) is 4.67. The number of aliphatic hydroxyl groups is 1. The summed E-state index contributed by atoms with van der Waals surface area (Å²) in [6, 6.07) is 4.06. The third kappa shape index (κ3) is 2.47. The van der Waals surface area contributed by atoms with Crippen LogP contribution in [0.4, 0.5) is 5.82 Å². The Morgan fingerprint density at radius 3 is 2.39 bits per heavy atom. The molecule has 1 aromatic carbocycles. The summed E-state index contributed by atoms with van der Waals surface area (Å²) in [6.45, 7) is 0. The van der Waals surface area contributed by atoms with Crippen molar-refractivity contribution >= 4 is 16.9 Å². The molecule has 0 aliphatic heterocycles. The second-order valence-electron chi connectivity index (χ2n) is 6.50. The highest BCUT2D eigenvalue weighted by molar-refractivity contribution is 5.80. The van der Waals surface area contributed by atoms with E-state index in [0.29, 0.717) is 29.4 Å². The van der Waals surface area contributed by atoms with Gasteiger partial charge in [-0.2, -0.15) is 0 Å². The molecule has 23 heavy (non-hydrogen) atoms. The second kappa shape index (κ2) is 5.53. The van der Waals surface area contributed by atoms with Crippen LogP contribution in [0.2, 0.25) is 0 Å². The summed E-state index contributed by atoms with van der Waals surface area (Å²) in [7, 11) is 3.22. The standard InChI is InChI=1S/C17H21N3O3/c1-22-15-6-12-13(7-16(15)23-2)20-17(8-18-12)19-11-4-10-3-9(11)5-14(10)21/h6-11,14,21H,3-5H2,1-2H3,(H,19,20)/t9?,10?,11-,14-/m1/s1. The van der Waals surface area contributed by atoms with Gasteiger partial charge in [-0.25, -0.2) is 4.98 Å². The first kappa shape index (κ1) is 14.5. The van der Waals surface area contributed by atoms with E-state index in [1.807, 2.05) is 12.1 Å². The Hall–Kier alpha value is -2.08. The van der Waals surface area contributed by atoms with Gasteiger partial charge in [0.05, 0.1) is 37.6 Å². The van der Waals surface area contributed by atoms with Gasteiger partial charge in [0.15, 0.2) is 11.5 Å². The van der Waals surface area contributed by atoms with Crippen molar-refractivity contribution in [2.75, 3.05) is 19.5 Å². The van der Waals surface area contributed by atoms with Crippen molar-refractivity contribution < 1.29 is 14.6 Å². The normalized spacial score (nSPS) is 29.0. The van der Waals surface area contributed by atoms with Crippen molar-refractivity contribution in [2.24, 2.45) is 11.8 Å². The number of methoxy groups -OCH3 is 2. The molecule has 6 heteroatoms. The minimum absolute atomic E-state index is 0.113. The maximum absolute atomic E-state index is 9.87. The third-order valence-electron chi connectivity index (χ3n) is 5.20. The molecule has 122 valence electrons. The highest BCUT2D eigenvalue weighted by atomic mass is 16.5. The molecular formula is C17H21N3O3. The fourth-order valence-electron chi connectivity index (χ4n) is 4.02. The number of hydrogen-bond acceptors (Lipinski definition) is 6. The molecular weight excluding hydrogens is 294 g/mol. The second-order valence-corrected chi connectivity index (χ2v) is 6.50. The molecule has 2 aliphatic carbocycles. The van der Waals surface area contributed by atoms with E-state index >= 15 is 0 Å². The predicted molar refractivity (Wildman–Crippen MR) is 86.9 cm³/mol. The molecule has 6 nitrogen and oxygen atoms in total. The summed E-state index contributed by atoms with van der Waals surface area (Å²) < 4.78 is 10.6. The van der Waals surface area contributed by atoms with Gasteiger partial charge >= 0.3 is 0 Å². The van der Waals surface area contributed by atoms with Crippen LogP contribution in [-0.2, 0) is 0 Å². The van der Waals surface area contributed by atoms with Crippen LogP contribution in [0.25, 0.3) is 11.0 Å². The quantitative estimate of drug-likeness (QED) is 0.901. The number of hydrogen-bond donors (Lipinski definition) is 2. The number of benzene rings is 1. The van der Waals surface area contributed by atoms with E-state index < -0.39 is 0 Å². The highest BCUT2D eigenvalue weighted by Gasteiger charge is 2.45. The smallest absolute Gasteiger partial charge is 0.163 e. The van der Waals surface area contributed by atoms with E-state index in [1.165, 1.54) is 0 Å². The maximum Gasteiger partial charge on any atom is 0.163 e. The van der Waals surface area contributed by atoms with Crippen LogP contribution in [0.15, 0.2) is 18.3 Å². The molecule has 2 saturated carbocycles. The average molecular weight is 315 g/mol. The lowest BCUT2D eigenvalue weighted by molar-refractivity contribution is 0.110. The fraction of sp³-hybridized carbons (Fsp3) is 0.529. The number of nitrogens with one attached hydrogen (secondary N) is 1. The van der Waals surface area contributed by atoms with E-state index in [1.54, 1.807) is 20.4 Å². The molecule has 4 atom stereocenters. The zero-order valence-corrected chi connectivity index (χ0v) is 13.3. The third-order valence-corrected chi connectivity index (χ3v) is 5.20. The fourth-order valence-corrected chi connectivity index (χ4v) is 4.02. The molecule has 0 spiro atoms. The molecule has 0 amide bonds. The van der Waals surface area contributed by atoms with Gasteiger partial charge in [-0.3, -0.25) is 4.98 Å². The largest absolute Gasteiger partial charge is 0.493 e. The van der Waals surface area contributed by atoms with Crippen molar-refractivity contribution in [1.82, 2.24) is 9.97 Å². The van der Waals surface area contributed by atoms with Crippen LogP contribution >= 0.6 is 0 Å². The first-order valence-electron chi connectivity index (χ1n) is 8.01. The first-order chi connectivity index (χ1) is 11.2. The number of aliphatic hydroxyl groups excluding tert-OH is 1. The van der Waals surface area contributed by atoms with Gasteiger partial charge in [-0.15, -0.1) is 0 Å². The van der Waals surface area contributed by atoms with Gasteiger partial charge in [0.1, 0.15) is 5.82 Å². The van der Waals surface area contributed by atoms with Crippen molar-refractivity contribution in [1.29, 1.82) is 0 Å². The topological polar surface area (TPSA) is 76.5 Å². The summed E-state index contributed by atoms with van der Waals surface area (Å²) >= 11 is 0. The number of ether oxygens (including phenoxy) is 2. The van der Waals surface area contributed by atoms with E-state index in [4.69, 9.17) is 9.47 Å². The molecule has 1 aromatic heterocycles. The molecule has 2 unspecified atom stereocenters. The van der Waals surface area contributed by atoms with E-state index in [-0.39, 0.29) is 6.10 Å². The van der Waals surface area contributed by atoms with Crippen LogP contribution < -0.4 is 14.8 Å². The van der Waals surface area contributed by atoms with Crippen molar-refractivity contribution in [2.45, 2.75) is 31.4 Å². The first-order valence-corrected chi connectivity index (χ1v) is 8.01. The lowest BCUT2D eigenvalue weighted by Crippen LogP contribution is -2.31. The van der Waals surface area contributed by atoms with Gasteiger partial charge in [-0.1, -0.05) is 0 Å². The molecule has 2 aliphatic rings. The molecule has 1 heterocycles. The van der Waals surface area contributed by atoms with Crippen LogP contribution in [0, 0.1) is 11.8 Å². The Labute approximate surface area is 134 Å². The highest BCUT2D eigenvalue weighted by Crippen LogP contribution is 2.45. The van der Waals surface area contributed by atoms with Crippen molar-refractivity contribution in [3.63, 3.8) is 0 Å². The van der Waals surface area contributed by atoms with Gasteiger partial charge in [0.2, 0.25) is 0 Å². The summed E-state index contributed by atoms with van der Waals surface area (Å²) in [4.78, 5) is 9.13. The lowest BCUT2D eigenvalue weighted by Gasteiger charge is -2.26.